The van der Waals surface area contributed by atoms with Gasteiger partial charge in [0.1, 0.15) is 5.82 Å². The quantitative estimate of drug-likeness (QED) is 0.355. The topological polar surface area (TPSA) is 52.1 Å². The molecule has 1 aliphatic rings. The summed E-state index contributed by atoms with van der Waals surface area (Å²) in [4.78, 5) is 8.85. The Morgan fingerprint density at radius 2 is 2.00 bits per heavy atom. The molecule has 2 N–H and O–H groups in total. The maximum Gasteiger partial charge on any atom is 0.191 e. The van der Waals surface area contributed by atoms with Gasteiger partial charge in [-0.2, -0.15) is 0 Å². The minimum atomic E-state index is -0.170. The van der Waals surface area contributed by atoms with Crippen LogP contribution in [-0.2, 0) is 11.3 Å². The number of hydrogen-bond donors (Lipinski definition) is 2. The SMILES string of the molecule is CCN(CC)c1ccc(CNC(=NC)NC2CCN(CCCOC)CC2)cc1F. The van der Waals surface area contributed by atoms with E-state index in [0.717, 1.165) is 70.1 Å². The molecule has 1 aromatic rings. The highest BCUT2D eigenvalue weighted by Crippen LogP contribution is 2.20. The van der Waals surface area contributed by atoms with E-state index < -0.39 is 0 Å². The molecule has 0 radical (unpaired) electrons. The molecule has 6 nitrogen and oxygen atoms in total. The molecule has 0 aromatic heterocycles. The minimum Gasteiger partial charge on any atom is -0.385 e. The Balaban J connectivity index is 1.79. The summed E-state index contributed by atoms with van der Waals surface area (Å²) in [5.41, 5.74) is 1.58. The summed E-state index contributed by atoms with van der Waals surface area (Å²) >= 11 is 0. The van der Waals surface area contributed by atoms with Crippen LogP contribution in [0.25, 0.3) is 0 Å². The van der Waals surface area contributed by atoms with Crippen LogP contribution in [0.1, 0.15) is 38.7 Å². The van der Waals surface area contributed by atoms with Gasteiger partial charge < -0.3 is 25.2 Å². The molecule has 0 atom stereocenters. The van der Waals surface area contributed by atoms with Crippen LogP contribution in [0.15, 0.2) is 23.2 Å². The highest BCUT2D eigenvalue weighted by atomic mass is 19.1. The molecular weight excluding hydrogens is 369 g/mol. The van der Waals surface area contributed by atoms with Crippen molar-refractivity contribution in [1.29, 1.82) is 0 Å². The van der Waals surface area contributed by atoms with E-state index in [-0.39, 0.29) is 5.82 Å². The van der Waals surface area contributed by atoms with E-state index in [1.54, 1.807) is 20.2 Å². The molecule has 1 aromatic carbocycles. The van der Waals surface area contributed by atoms with Gasteiger partial charge in [0, 0.05) is 66.1 Å². The Hall–Kier alpha value is -1.86. The lowest BCUT2D eigenvalue weighted by molar-refractivity contribution is 0.155. The Bertz CT molecular complexity index is 628. The van der Waals surface area contributed by atoms with Gasteiger partial charge in [0.2, 0.25) is 0 Å². The van der Waals surface area contributed by atoms with E-state index in [1.165, 1.54) is 0 Å². The van der Waals surface area contributed by atoms with Crippen molar-refractivity contribution in [3.63, 3.8) is 0 Å². The second kappa shape index (κ2) is 12.6. The fourth-order valence-electron chi connectivity index (χ4n) is 3.79. The van der Waals surface area contributed by atoms with Gasteiger partial charge in [-0.3, -0.25) is 4.99 Å². The average molecular weight is 408 g/mol. The second-order valence-electron chi connectivity index (χ2n) is 7.49. The number of nitrogens with one attached hydrogen (secondary N) is 2. The first kappa shape index (κ1) is 23.4. The minimum absolute atomic E-state index is 0.170. The Labute approximate surface area is 175 Å². The fraction of sp³-hybridized carbons (Fsp3) is 0.682. The van der Waals surface area contributed by atoms with Crippen molar-refractivity contribution in [2.24, 2.45) is 4.99 Å². The van der Waals surface area contributed by atoms with Crippen LogP contribution in [-0.4, -0.2) is 70.4 Å². The lowest BCUT2D eigenvalue weighted by atomic mass is 10.1. The highest BCUT2D eigenvalue weighted by molar-refractivity contribution is 5.80. The number of likely N-dealkylation sites (tertiary alicyclic amines) is 1. The lowest BCUT2D eigenvalue weighted by Crippen LogP contribution is -2.48. The van der Waals surface area contributed by atoms with E-state index in [2.05, 4.69) is 20.5 Å². The van der Waals surface area contributed by atoms with Crippen LogP contribution in [0.2, 0.25) is 0 Å². The number of piperidine rings is 1. The number of ether oxygens (including phenoxy) is 1. The van der Waals surface area contributed by atoms with E-state index in [0.29, 0.717) is 18.3 Å². The summed E-state index contributed by atoms with van der Waals surface area (Å²) in [6, 6.07) is 5.89. The molecule has 1 fully saturated rings. The smallest absolute Gasteiger partial charge is 0.191 e. The zero-order valence-corrected chi connectivity index (χ0v) is 18.5. The first-order valence-corrected chi connectivity index (χ1v) is 10.8. The fourth-order valence-corrected chi connectivity index (χ4v) is 3.79. The maximum atomic E-state index is 14.5. The monoisotopic (exact) mass is 407 g/mol. The predicted molar refractivity (Wildman–Crippen MR) is 119 cm³/mol. The third kappa shape index (κ3) is 7.48. The van der Waals surface area contributed by atoms with Crippen LogP contribution in [0.3, 0.4) is 0 Å². The summed E-state index contributed by atoms with van der Waals surface area (Å²) in [7, 11) is 3.53. The van der Waals surface area contributed by atoms with Gasteiger partial charge in [-0.25, -0.2) is 4.39 Å². The summed E-state index contributed by atoms with van der Waals surface area (Å²) in [5.74, 6) is 0.604. The van der Waals surface area contributed by atoms with Crippen molar-refractivity contribution in [3.05, 3.63) is 29.6 Å². The zero-order valence-electron chi connectivity index (χ0n) is 18.5. The lowest BCUT2D eigenvalue weighted by Gasteiger charge is -2.33. The Morgan fingerprint density at radius 1 is 1.28 bits per heavy atom. The number of aliphatic imine (C=N–C) groups is 1. The molecule has 0 unspecified atom stereocenters. The van der Waals surface area contributed by atoms with Crippen LogP contribution >= 0.6 is 0 Å². The summed E-state index contributed by atoms with van der Waals surface area (Å²) in [5, 5.41) is 6.83. The molecule has 7 heteroatoms. The third-order valence-corrected chi connectivity index (χ3v) is 5.55. The van der Waals surface area contributed by atoms with Gasteiger partial charge in [-0.1, -0.05) is 6.07 Å². The number of anilines is 1. The molecule has 0 bridgehead atoms. The van der Waals surface area contributed by atoms with E-state index in [1.807, 2.05) is 30.9 Å². The molecule has 29 heavy (non-hydrogen) atoms. The normalized spacial score (nSPS) is 16.1. The van der Waals surface area contributed by atoms with Crippen molar-refractivity contribution in [1.82, 2.24) is 15.5 Å². The third-order valence-electron chi connectivity index (χ3n) is 5.55. The highest BCUT2D eigenvalue weighted by Gasteiger charge is 2.19. The van der Waals surface area contributed by atoms with Gasteiger partial charge in [-0.15, -0.1) is 0 Å². The van der Waals surface area contributed by atoms with Gasteiger partial charge >= 0.3 is 0 Å². The number of hydrogen-bond acceptors (Lipinski definition) is 4. The Kier molecular flexibility index (Phi) is 10.2. The van der Waals surface area contributed by atoms with Crippen LogP contribution in [0.5, 0.6) is 0 Å². The summed E-state index contributed by atoms with van der Waals surface area (Å²) in [6.45, 7) is 10.3. The molecule has 0 amide bonds. The van der Waals surface area contributed by atoms with Crippen LogP contribution in [0, 0.1) is 5.82 Å². The van der Waals surface area contributed by atoms with Crippen molar-refractivity contribution < 1.29 is 9.13 Å². The zero-order chi connectivity index (χ0) is 21.1. The maximum absolute atomic E-state index is 14.5. The van der Waals surface area contributed by atoms with Crippen molar-refractivity contribution >= 4 is 11.6 Å². The number of rotatable bonds is 10. The number of methoxy groups -OCH3 is 1. The molecule has 0 aliphatic carbocycles. The van der Waals surface area contributed by atoms with Gasteiger partial charge in [-0.05, 0) is 50.8 Å². The molecule has 1 heterocycles. The molecular formula is C22H38FN5O. The van der Waals surface area contributed by atoms with Gasteiger partial charge in [0.25, 0.3) is 0 Å². The largest absolute Gasteiger partial charge is 0.385 e. The van der Waals surface area contributed by atoms with Crippen LogP contribution in [0.4, 0.5) is 10.1 Å². The van der Waals surface area contributed by atoms with Crippen LogP contribution < -0.4 is 15.5 Å². The standard InChI is InChI=1S/C22H38FN5O/c1-5-28(6-2)21-9-8-18(16-20(21)23)17-25-22(24-3)26-19-10-13-27(14-11-19)12-7-15-29-4/h8-9,16,19H,5-7,10-15,17H2,1-4H3,(H2,24,25,26). The first-order valence-electron chi connectivity index (χ1n) is 10.8. The average Bonchev–Trinajstić information content (AvgIpc) is 2.74. The molecule has 1 aliphatic heterocycles. The van der Waals surface area contributed by atoms with Crippen molar-refractivity contribution in [2.45, 2.75) is 45.7 Å². The Morgan fingerprint density at radius 3 is 2.59 bits per heavy atom. The van der Waals surface area contributed by atoms with Gasteiger partial charge in [0.15, 0.2) is 5.96 Å². The number of halogens is 1. The number of benzene rings is 1. The first-order chi connectivity index (χ1) is 14.1. The van der Waals surface area contributed by atoms with Gasteiger partial charge in [0.05, 0.1) is 5.69 Å². The molecule has 0 saturated carbocycles. The molecule has 0 spiro atoms. The second-order valence-corrected chi connectivity index (χ2v) is 7.49. The van der Waals surface area contributed by atoms with Crippen molar-refractivity contribution in [2.75, 3.05) is 58.4 Å². The number of guanidine groups is 1. The summed E-state index contributed by atoms with van der Waals surface area (Å²) in [6.07, 6.45) is 3.28. The van der Waals surface area contributed by atoms with E-state index in [9.17, 15) is 4.39 Å². The van der Waals surface area contributed by atoms with E-state index in [4.69, 9.17) is 4.74 Å². The van der Waals surface area contributed by atoms with E-state index >= 15 is 0 Å². The summed E-state index contributed by atoms with van der Waals surface area (Å²) < 4.78 is 19.6. The number of nitrogens with zero attached hydrogens (tertiary/aromatic N) is 3. The molecule has 2 rings (SSSR count). The molecule has 164 valence electrons. The molecule has 1 saturated heterocycles. The predicted octanol–water partition coefficient (Wildman–Crippen LogP) is 2.84. The van der Waals surface area contributed by atoms with Crippen molar-refractivity contribution in [3.8, 4) is 0 Å².